The van der Waals surface area contributed by atoms with Crippen LogP contribution in [0, 0.1) is 6.92 Å². The Morgan fingerprint density at radius 1 is 1.03 bits per heavy atom. The van der Waals surface area contributed by atoms with Gasteiger partial charge in [-0.2, -0.15) is 5.10 Å². The molecule has 0 aliphatic rings. The van der Waals surface area contributed by atoms with E-state index in [2.05, 4.69) is 10.5 Å². The van der Waals surface area contributed by atoms with Crippen LogP contribution >= 0.6 is 0 Å². The number of benzene rings is 3. The summed E-state index contributed by atoms with van der Waals surface area (Å²) in [5, 5.41) is 17.2. The largest absolute Gasteiger partial charge is 0.480 e. The van der Waals surface area contributed by atoms with E-state index in [0.29, 0.717) is 5.58 Å². The molecule has 32 heavy (non-hydrogen) atoms. The van der Waals surface area contributed by atoms with E-state index in [1.807, 2.05) is 67.6 Å². The van der Waals surface area contributed by atoms with Gasteiger partial charge in [0, 0.05) is 27.5 Å². The second-order valence-corrected chi connectivity index (χ2v) is 7.50. The molecule has 0 fully saturated rings. The van der Waals surface area contributed by atoms with Gasteiger partial charge in [0.05, 0.1) is 6.21 Å². The summed E-state index contributed by atoms with van der Waals surface area (Å²) in [7, 11) is 0. The Bertz CT molecular complexity index is 1540. The third-order valence-corrected chi connectivity index (χ3v) is 5.58. The number of nitrogens with one attached hydrogen (secondary N) is 1. The fourth-order valence-electron chi connectivity index (χ4n) is 4.07. The zero-order chi connectivity index (χ0) is 22.2. The minimum Gasteiger partial charge on any atom is -0.480 e. The van der Waals surface area contributed by atoms with E-state index in [0.717, 1.165) is 38.3 Å². The van der Waals surface area contributed by atoms with Gasteiger partial charge in [-0.3, -0.25) is 9.59 Å². The molecule has 158 valence electrons. The highest BCUT2D eigenvalue weighted by Crippen LogP contribution is 2.28. The molecule has 2 heterocycles. The fraction of sp³-hybridized carbons (Fsp3) is 0.0800. The second kappa shape index (κ2) is 7.70. The molecule has 2 N–H and O–H groups in total. The second-order valence-electron chi connectivity index (χ2n) is 7.50. The summed E-state index contributed by atoms with van der Waals surface area (Å²) in [6.45, 7) is 1.68. The molecular weight excluding hydrogens is 406 g/mol. The number of amides is 1. The van der Waals surface area contributed by atoms with Gasteiger partial charge in [-0.25, -0.2) is 5.43 Å². The van der Waals surface area contributed by atoms with Crippen molar-refractivity contribution < 1.29 is 19.1 Å². The first kappa shape index (κ1) is 19.6. The van der Waals surface area contributed by atoms with Crippen LogP contribution in [0.5, 0.6) is 0 Å². The summed E-state index contributed by atoms with van der Waals surface area (Å²) in [5.74, 6) is -1.23. The summed E-state index contributed by atoms with van der Waals surface area (Å²) >= 11 is 0. The van der Waals surface area contributed by atoms with Gasteiger partial charge in [0.15, 0.2) is 5.76 Å². The van der Waals surface area contributed by atoms with Gasteiger partial charge >= 0.3 is 11.9 Å². The van der Waals surface area contributed by atoms with Crippen LogP contribution in [-0.2, 0) is 11.3 Å². The number of carboxylic acid groups (broad SMARTS) is 1. The van der Waals surface area contributed by atoms with E-state index >= 15 is 0 Å². The first-order chi connectivity index (χ1) is 15.5. The maximum Gasteiger partial charge on any atom is 0.323 e. The molecule has 0 spiro atoms. The zero-order valence-electron chi connectivity index (χ0n) is 17.2. The van der Waals surface area contributed by atoms with Crippen molar-refractivity contribution in [3.63, 3.8) is 0 Å². The monoisotopic (exact) mass is 425 g/mol. The molecule has 0 aliphatic carbocycles. The Kier molecular flexibility index (Phi) is 4.71. The van der Waals surface area contributed by atoms with Crippen molar-refractivity contribution in [3.8, 4) is 0 Å². The molecule has 0 saturated heterocycles. The number of rotatable bonds is 5. The number of para-hydroxylation sites is 1. The number of carbonyl (C=O) groups is 2. The number of carboxylic acids is 1. The number of aromatic nitrogens is 1. The van der Waals surface area contributed by atoms with Gasteiger partial charge in [0.2, 0.25) is 0 Å². The van der Waals surface area contributed by atoms with E-state index < -0.39 is 11.9 Å². The van der Waals surface area contributed by atoms with Crippen LogP contribution in [0.4, 0.5) is 0 Å². The number of furan rings is 1. The predicted octanol–water partition coefficient (Wildman–Crippen LogP) is 4.70. The molecular formula is C25H19N3O4. The van der Waals surface area contributed by atoms with Crippen molar-refractivity contribution in [3.05, 3.63) is 83.7 Å². The highest BCUT2D eigenvalue weighted by atomic mass is 16.4. The molecule has 0 atom stereocenters. The molecule has 5 aromatic rings. The minimum absolute atomic E-state index is 0.153. The number of hydrazone groups is 1. The van der Waals surface area contributed by atoms with Crippen molar-refractivity contribution in [1.29, 1.82) is 0 Å². The van der Waals surface area contributed by atoms with E-state index in [1.165, 1.54) is 6.21 Å². The van der Waals surface area contributed by atoms with Gasteiger partial charge in [0.25, 0.3) is 0 Å². The van der Waals surface area contributed by atoms with E-state index in [4.69, 9.17) is 4.42 Å². The van der Waals surface area contributed by atoms with Crippen LogP contribution in [0.15, 0.2) is 76.2 Å². The van der Waals surface area contributed by atoms with Crippen LogP contribution in [0.2, 0.25) is 0 Å². The first-order valence-electron chi connectivity index (χ1n) is 10.1. The van der Waals surface area contributed by atoms with Crippen LogP contribution in [0.3, 0.4) is 0 Å². The Hall–Kier alpha value is -4.39. The number of nitrogens with zero attached hydrogens (tertiary/aromatic N) is 2. The standard InChI is InChI=1S/C25H19N3O4/c1-15-20(18-8-4-5-9-21(18)28(15)14-24(29)30)13-26-27-25(31)23-12-19-17-7-3-2-6-16(17)10-11-22(19)32-23/h2-13H,14H2,1H3,(H,27,31)(H,29,30)/b26-13-. The van der Waals surface area contributed by atoms with Crippen molar-refractivity contribution in [2.24, 2.45) is 5.10 Å². The molecule has 5 rings (SSSR count). The Morgan fingerprint density at radius 3 is 2.59 bits per heavy atom. The van der Waals surface area contributed by atoms with Crippen LogP contribution in [-0.4, -0.2) is 27.8 Å². The van der Waals surface area contributed by atoms with Crippen LogP contribution in [0.1, 0.15) is 21.8 Å². The minimum atomic E-state index is -0.928. The lowest BCUT2D eigenvalue weighted by molar-refractivity contribution is -0.137. The zero-order valence-corrected chi connectivity index (χ0v) is 17.2. The summed E-state index contributed by atoms with van der Waals surface area (Å²) in [5.41, 5.74) is 5.43. The lowest BCUT2D eigenvalue weighted by atomic mass is 10.1. The number of hydrogen-bond acceptors (Lipinski definition) is 4. The van der Waals surface area contributed by atoms with Gasteiger partial charge < -0.3 is 14.1 Å². The molecule has 0 aliphatic heterocycles. The normalized spacial score (nSPS) is 11.7. The third kappa shape index (κ3) is 3.30. The number of aliphatic carboxylic acids is 1. The molecule has 1 amide bonds. The molecule has 0 unspecified atom stereocenters. The summed E-state index contributed by atoms with van der Waals surface area (Å²) in [6.07, 6.45) is 1.53. The summed E-state index contributed by atoms with van der Waals surface area (Å²) in [6, 6.07) is 20.9. The van der Waals surface area contributed by atoms with Crippen molar-refractivity contribution in [2.45, 2.75) is 13.5 Å². The topological polar surface area (TPSA) is 96.8 Å². The van der Waals surface area contributed by atoms with Crippen LogP contribution in [0.25, 0.3) is 32.6 Å². The van der Waals surface area contributed by atoms with Crippen molar-refractivity contribution in [2.75, 3.05) is 0 Å². The Labute approximate surface area is 182 Å². The Balaban J connectivity index is 1.44. The van der Waals surface area contributed by atoms with E-state index in [1.54, 1.807) is 10.6 Å². The van der Waals surface area contributed by atoms with Gasteiger partial charge in [-0.15, -0.1) is 0 Å². The number of carbonyl (C=O) groups excluding carboxylic acids is 1. The summed E-state index contributed by atoms with van der Waals surface area (Å²) < 4.78 is 7.44. The smallest absolute Gasteiger partial charge is 0.323 e. The van der Waals surface area contributed by atoms with Crippen LogP contribution < -0.4 is 5.43 Å². The van der Waals surface area contributed by atoms with E-state index in [-0.39, 0.29) is 12.3 Å². The number of hydrogen-bond donors (Lipinski definition) is 2. The van der Waals surface area contributed by atoms with E-state index in [9.17, 15) is 14.7 Å². The third-order valence-electron chi connectivity index (χ3n) is 5.58. The quantitative estimate of drug-likeness (QED) is 0.315. The summed E-state index contributed by atoms with van der Waals surface area (Å²) in [4.78, 5) is 23.9. The maximum atomic E-state index is 12.6. The molecule has 2 aromatic heterocycles. The fourth-order valence-corrected chi connectivity index (χ4v) is 4.07. The lowest BCUT2D eigenvalue weighted by Crippen LogP contribution is -2.16. The highest BCUT2D eigenvalue weighted by molar-refractivity contribution is 6.08. The molecule has 0 bridgehead atoms. The average Bonchev–Trinajstić information content (AvgIpc) is 3.34. The Morgan fingerprint density at radius 2 is 1.78 bits per heavy atom. The SMILES string of the molecule is Cc1c(/C=N\NC(=O)c2cc3c(ccc4ccccc43)o2)c2ccccc2n1CC(=O)O. The van der Waals surface area contributed by atoms with Gasteiger partial charge in [-0.1, -0.05) is 48.5 Å². The van der Waals surface area contributed by atoms with Gasteiger partial charge in [-0.05, 0) is 35.9 Å². The molecule has 3 aromatic carbocycles. The molecule has 0 radical (unpaired) electrons. The van der Waals surface area contributed by atoms with Crippen molar-refractivity contribution in [1.82, 2.24) is 9.99 Å². The molecule has 0 saturated carbocycles. The van der Waals surface area contributed by atoms with Crippen molar-refractivity contribution >= 4 is 50.7 Å². The predicted molar refractivity (Wildman–Crippen MR) is 123 cm³/mol. The van der Waals surface area contributed by atoms with Gasteiger partial charge in [0.1, 0.15) is 12.1 Å². The molecule has 7 nitrogen and oxygen atoms in total. The average molecular weight is 425 g/mol. The maximum absolute atomic E-state index is 12.6. The lowest BCUT2D eigenvalue weighted by Gasteiger charge is -2.04. The first-order valence-corrected chi connectivity index (χ1v) is 10.1. The molecule has 7 heteroatoms. The number of fused-ring (bicyclic) bond motifs is 4. The highest BCUT2D eigenvalue weighted by Gasteiger charge is 2.16.